The number of hydrogen-bond donors (Lipinski definition) is 1. The van der Waals surface area contributed by atoms with E-state index in [1.54, 1.807) is 7.11 Å². The predicted octanol–water partition coefficient (Wildman–Crippen LogP) is 2.62. The van der Waals surface area contributed by atoms with Crippen LogP contribution < -0.4 is 4.74 Å². The normalized spacial score (nSPS) is 18.8. The lowest BCUT2D eigenvalue weighted by atomic mass is 9.87. The van der Waals surface area contributed by atoms with Crippen LogP contribution in [0.1, 0.15) is 18.4 Å². The molecule has 0 saturated heterocycles. The Hall–Kier alpha value is -0.580. The van der Waals surface area contributed by atoms with E-state index in [0.717, 1.165) is 28.6 Å². The summed E-state index contributed by atoms with van der Waals surface area (Å²) in [6.45, 7) is 0.616. The van der Waals surface area contributed by atoms with Crippen LogP contribution in [0.3, 0.4) is 0 Å². The topological polar surface area (TPSA) is 32.7 Å². The smallest absolute Gasteiger partial charge is 0.125 e. The third kappa shape index (κ3) is 2.71. The van der Waals surface area contributed by atoms with E-state index < -0.39 is 5.60 Å². The van der Waals surface area contributed by atoms with E-state index in [4.69, 9.17) is 4.74 Å². The van der Waals surface area contributed by atoms with Crippen LogP contribution in [0.5, 0.6) is 5.75 Å². The molecule has 18 heavy (non-hydrogen) atoms. The highest BCUT2D eigenvalue weighted by atomic mass is 79.9. The molecule has 100 valence electrons. The lowest BCUT2D eigenvalue weighted by molar-refractivity contribution is -0.0118. The summed E-state index contributed by atoms with van der Waals surface area (Å²) in [5.74, 6) is 1.09. The van der Waals surface area contributed by atoms with Crippen LogP contribution in [-0.4, -0.2) is 37.8 Å². The van der Waals surface area contributed by atoms with E-state index >= 15 is 0 Å². The second-order valence-electron chi connectivity index (χ2n) is 5.28. The molecule has 1 atom stereocenters. The number of methoxy groups -OCH3 is 1. The number of halogens is 1. The predicted molar refractivity (Wildman–Crippen MR) is 75.9 cm³/mol. The SMILES string of the molecule is COc1ccc(Br)cc1C(O)(CN(C)C)C1CC1. The monoisotopic (exact) mass is 313 g/mol. The molecule has 0 aromatic heterocycles. The van der Waals surface area contributed by atoms with Gasteiger partial charge in [-0.25, -0.2) is 0 Å². The molecule has 3 nitrogen and oxygen atoms in total. The summed E-state index contributed by atoms with van der Waals surface area (Å²) in [6, 6.07) is 5.81. The molecule has 1 fully saturated rings. The third-order valence-electron chi connectivity index (χ3n) is 3.44. The molecule has 0 heterocycles. The molecule has 0 spiro atoms. The fraction of sp³-hybridized carbons (Fsp3) is 0.571. The number of likely N-dealkylation sites (N-methyl/N-ethyl adjacent to an activating group) is 1. The summed E-state index contributed by atoms with van der Waals surface area (Å²) in [5, 5.41) is 11.1. The number of benzene rings is 1. The van der Waals surface area contributed by atoms with Gasteiger partial charge in [-0.15, -0.1) is 0 Å². The van der Waals surface area contributed by atoms with E-state index in [0.29, 0.717) is 12.5 Å². The summed E-state index contributed by atoms with van der Waals surface area (Å²) >= 11 is 3.47. The highest BCUT2D eigenvalue weighted by Gasteiger charge is 2.46. The lowest BCUT2D eigenvalue weighted by Gasteiger charge is -2.33. The van der Waals surface area contributed by atoms with Crippen molar-refractivity contribution in [1.29, 1.82) is 0 Å². The van der Waals surface area contributed by atoms with Gasteiger partial charge < -0.3 is 14.7 Å². The molecule has 0 bridgehead atoms. The number of nitrogens with zero attached hydrogens (tertiary/aromatic N) is 1. The van der Waals surface area contributed by atoms with Crippen LogP contribution in [0.2, 0.25) is 0 Å². The average Bonchev–Trinajstić information content (AvgIpc) is 3.12. The van der Waals surface area contributed by atoms with E-state index in [1.165, 1.54) is 0 Å². The zero-order chi connectivity index (χ0) is 13.3. The zero-order valence-electron chi connectivity index (χ0n) is 11.1. The Kier molecular flexibility index (Phi) is 3.99. The van der Waals surface area contributed by atoms with Gasteiger partial charge in [0.05, 0.1) is 7.11 Å². The van der Waals surface area contributed by atoms with E-state index in [1.807, 2.05) is 37.2 Å². The minimum Gasteiger partial charge on any atom is -0.496 e. The maximum absolute atomic E-state index is 11.1. The van der Waals surface area contributed by atoms with Crippen molar-refractivity contribution in [2.24, 2.45) is 5.92 Å². The van der Waals surface area contributed by atoms with Crippen LogP contribution in [0, 0.1) is 5.92 Å². The number of hydrogen-bond acceptors (Lipinski definition) is 3. The maximum Gasteiger partial charge on any atom is 0.125 e. The van der Waals surface area contributed by atoms with Gasteiger partial charge in [-0.2, -0.15) is 0 Å². The number of rotatable bonds is 5. The van der Waals surface area contributed by atoms with Gasteiger partial charge in [-0.05, 0) is 51.1 Å². The largest absolute Gasteiger partial charge is 0.496 e. The first kappa shape index (κ1) is 13.8. The Morgan fingerprint density at radius 2 is 2.11 bits per heavy atom. The second kappa shape index (κ2) is 5.19. The van der Waals surface area contributed by atoms with Crippen molar-refractivity contribution in [1.82, 2.24) is 4.90 Å². The lowest BCUT2D eigenvalue weighted by Crippen LogP contribution is -2.40. The van der Waals surface area contributed by atoms with Crippen LogP contribution in [0.25, 0.3) is 0 Å². The minimum atomic E-state index is -0.821. The summed E-state index contributed by atoms with van der Waals surface area (Å²) < 4.78 is 6.38. The number of aliphatic hydroxyl groups is 1. The standard InChI is InChI=1S/C14H20BrNO2/c1-16(2)9-14(17,10-4-5-10)12-8-11(15)6-7-13(12)18-3/h6-8,10,17H,4-5,9H2,1-3H3. The van der Waals surface area contributed by atoms with Crippen molar-refractivity contribution in [3.8, 4) is 5.75 Å². The van der Waals surface area contributed by atoms with Crippen molar-refractivity contribution in [2.45, 2.75) is 18.4 Å². The first-order chi connectivity index (χ1) is 8.47. The Balaban J connectivity index is 2.44. The molecule has 0 amide bonds. The molecular weight excluding hydrogens is 294 g/mol. The van der Waals surface area contributed by atoms with Crippen molar-refractivity contribution >= 4 is 15.9 Å². The van der Waals surface area contributed by atoms with Gasteiger partial charge in [0, 0.05) is 16.6 Å². The maximum atomic E-state index is 11.1. The first-order valence-electron chi connectivity index (χ1n) is 6.18. The van der Waals surface area contributed by atoms with E-state index in [9.17, 15) is 5.11 Å². The van der Waals surface area contributed by atoms with Gasteiger partial charge in [0.1, 0.15) is 11.4 Å². The molecule has 0 radical (unpaired) electrons. The third-order valence-corrected chi connectivity index (χ3v) is 3.93. The van der Waals surface area contributed by atoms with Crippen molar-refractivity contribution in [2.75, 3.05) is 27.7 Å². The molecule has 1 aromatic rings. The average molecular weight is 314 g/mol. The molecule has 1 aliphatic carbocycles. The van der Waals surface area contributed by atoms with Crippen LogP contribution >= 0.6 is 15.9 Å². The van der Waals surface area contributed by atoms with Gasteiger partial charge in [-0.3, -0.25) is 0 Å². The molecule has 1 aromatic carbocycles. The molecule has 4 heteroatoms. The van der Waals surface area contributed by atoms with Gasteiger partial charge in [0.25, 0.3) is 0 Å². The molecule has 1 N–H and O–H groups in total. The van der Waals surface area contributed by atoms with Gasteiger partial charge in [-0.1, -0.05) is 15.9 Å². The van der Waals surface area contributed by atoms with Crippen molar-refractivity contribution in [3.63, 3.8) is 0 Å². The Morgan fingerprint density at radius 1 is 1.44 bits per heavy atom. The first-order valence-corrected chi connectivity index (χ1v) is 6.98. The zero-order valence-corrected chi connectivity index (χ0v) is 12.7. The van der Waals surface area contributed by atoms with Crippen molar-refractivity contribution < 1.29 is 9.84 Å². The minimum absolute atomic E-state index is 0.336. The Morgan fingerprint density at radius 3 is 2.61 bits per heavy atom. The highest BCUT2D eigenvalue weighted by Crippen LogP contribution is 2.48. The fourth-order valence-electron chi connectivity index (χ4n) is 2.50. The van der Waals surface area contributed by atoms with Crippen molar-refractivity contribution in [3.05, 3.63) is 28.2 Å². The van der Waals surface area contributed by atoms with Gasteiger partial charge >= 0.3 is 0 Å². The Bertz CT molecular complexity index is 432. The molecule has 2 rings (SSSR count). The molecule has 1 saturated carbocycles. The van der Waals surface area contributed by atoms with Crippen LogP contribution in [-0.2, 0) is 5.60 Å². The Labute approximate surface area is 117 Å². The second-order valence-corrected chi connectivity index (χ2v) is 6.20. The molecule has 0 aliphatic heterocycles. The summed E-state index contributed by atoms with van der Waals surface area (Å²) in [5.41, 5.74) is 0.0640. The van der Waals surface area contributed by atoms with E-state index in [2.05, 4.69) is 15.9 Å². The molecule has 1 unspecified atom stereocenters. The molecular formula is C14H20BrNO2. The quantitative estimate of drug-likeness (QED) is 0.907. The highest BCUT2D eigenvalue weighted by molar-refractivity contribution is 9.10. The van der Waals surface area contributed by atoms with Crippen LogP contribution in [0.15, 0.2) is 22.7 Å². The summed E-state index contributed by atoms with van der Waals surface area (Å²) in [4.78, 5) is 2.03. The summed E-state index contributed by atoms with van der Waals surface area (Å²) in [7, 11) is 5.62. The fourth-order valence-corrected chi connectivity index (χ4v) is 2.86. The number of ether oxygens (including phenoxy) is 1. The summed E-state index contributed by atoms with van der Waals surface area (Å²) in [6.07, 6.45) is 2.17. The van der Waals surface area contributed by atoms with E-state index in [-0.39, 0.29) is 0 Å². The molecule has 1 aliphatic rings. The van der Waals surface area contributed by atoms with Gasteiger partial charge in [0.15, 0.2) is 0 Å². The van der Waals surface area contributed by atoms with Crippen LogP contribution in [0.4, 0.5) is 0 Å². The van der Waals surface area contributed by atoms with Gasteiger partial charge in [0.2, 0.25) is 0 Å².